The van der Waals surface area contributed by atoms with Gasteiger partial charge in [-0.25, -0.2) is 9.78 Å². The number of anilines is 2. The van der Waals surface area contributed by atoms with Crippen LogP contribution in [0, 0.1) is 0 Å². The van der Waals surface area contributed by atoms with Crippen LogP contribution in [0.1, 0.15) is 35.2 Å². The molecular formula is C30H29N5O8. The van der Waals surface area contributed by atoms with E-state index in [0.717, 1.165) is 0 Å². The molecule has 2 atom stereocenters. The minimum absolute atomic E-state index is 0.00106. The molecule has 0 fully saturated rings. The number of aromatic amines is 1. The zero-order chi connectivity index (χ0) is 30.5. The summed E-state index contributed by atoms with van der Waals surface area (Å²) < 4.78 is 16.7. The third-order valence-corrected chi connectivity index (χ3v) is 6.99. The molecule has 222 valence electrons. The Hall–Kier alpha value is -5.59. The molecule has 4 aromatic rings. The molecule has 3 aromatic carbocycles. The van der Waals surface area contributed by atoms with E-state index in [1.165, 1.54) is 20.5 Å². The number of amides is 2. The number of aliphatic carboxylic acids is 1. The fourth-order valence-corrected chi connectivity index (χ4v) is 4.96. The summed E-state index contributed by atoms with van der Waals surface area (Å²) in [5.41, 5.74) is 2.43. The number of rotatable bonds is 6. The van der Waals surface area contributed by atoms with E-state index < -0.39 is 36.5 Å². The maximum atomic E-state index is 14.1. The standard InChI is InChI=1S/C30H29N5O8/c1-41-24-11-17-12-25(42-2)20(24)8-9-43-30(40)34-18-5-3-4-16(10-18)23(14-26(36)37)35-29(39)27(17)33-19-6-7-22-21(13-19)28(38)32-15-31-22/h3-7,10-13,15,23,27,33H,8-9,14H2,1-2H3,(H,34,40)(H,35,39)(H,36,37)(H,31,32,38)/t23-,27-/m1/s1. The summed E-state index contributed by atoms with van der Waals surface area (Å²) in [5.74, 6) is -0.933. The van der Waals surface area contributed by atoms with Gasteiger partial charge >= 0.3 is 12.1 Å². The Morgan fingerprint density at radius 2 is 1.81 bits per heavy atom. The van der Waals surface area contributed by atoms with Gasteiger partial charge < -0.3 is 34.9 Å². The number of hydrogen-bond acceptors (Lipinski definition) is 9. The van der Waals surface area contributed by atoms with Crippen molar-refractivity contribution in [1.82, 2.24) is 15.3 Å². The lowest BCUT2D eigenvalue weighted by Gasteiger charge is -2.26. The molecule has 0 radical (unpaired) electrons. The maximum Gasteiger partial charge on any atom is 0.411 e. The van der Waals surface area contributed by atoms with Crippen molar-refractivity contribution in [3.8, 4) is 11.5 Å². The first-order valence-corrected chi connectivity index (χ1v) is 13.3. The second kappa shape index (κ2) is 12.5. The normalized spacial score (nSPS) is 17.0. The smallest absolute Gasteiger partial charge is 0.411 e. The maximum absolute atomic E-state index is 14.1. The summed E-state index contributed by atoms with van der Waals surface area (Å²) >= 11 is 0. The number of H-pyrrole nitrogens is 1. The number of benzene rings is 3. The molecule has 3 heterocycles. The average molecular weight is 588 g/mol. The number of hydrogen-bond donors (Lipinski definition) is 5. The molecule has 2 aliphatic rings. The third-order valence-electron chi connectivity index (χ3n) is 6.99. The molecule has 0 unspecified atom stereocenters. The molecule has 0 saturated heterocycles. The van der Waals surface area contributed by atoms with Gasteiger partial charge in [0.15, 0.2) is 0 Å². The second-order valence-electron chi connectivity index (χ2n) is 9.74. The molecule has 43 heavy (non-hydrogen) atoms. The van der Waals surface area contributed by atoms with Gasteiger partial charge in [0.05, 0.1) is 50.5 Å². The Balaban J connectivity index is 1.64. The average Bonchev–Trinajstić information content (AvgIpc) is 2.99. The Morgan fingerprint density at radius 3 is 2.53 bits per heavy atom. The summed E-state index contributed by atoms with van der Waals surface area (Å²) in [6.07, 6.45) is 0.424. The fraction of sp³-hybridized carbons (Fsp3) is 0.233. The molecule has 0 aliphatic carbocycles. The van der Waals surface area contributed by atoms with Crippen molar-refractivity contribution in [2.75, 3.05) is 31.5 Å². The van der Waals surface area contributed by atoms with Gasteiger partial charge in [-0.3, -0.25) is 19.7 Å². The van der Waals surface area contributed by atoms with Crippen molar-refractivity contribution in [2.45, 2.75) is 24.9 Å². The van der Waals surface area contributed by atoms with Crippen LogP contribution < -0.4 is 31.0 Å². The molecule has 0 spiro atoms. The van der Waals surface area contributed by atoms with Gasteiger partial charge in [0.25, 0.3) is 5.56 Å². The van der Waals surface area contributed by atoms with Gasteiger partial charge in [0.2, 0.25) is 5.91 Å². The van der Waals surface area contributed by atoms with Crippen molar-refractivity contribution < 1.29 is 33.7 Å². The van der Waals surface area contributed by atoms with Gasteiger partial charge in [-0.05, 0) is 53.6 Å². The highest BCUT2D eigenvalue weighted by atomic mass is 16.5. The summed E-state index contributed by atoms with van der Waals surface area (Å²) in [7, 11) is 2.93. The van der Waals surface area contributed by atoms with E-state index in [1.807, 2.05) is 0 Å². The molecule has 13 nitrogen and oxygen atoms in total. The zero-order valence-corrected chi connectivity index (χ0v) is 23.3. The first-order chi connectivity index (χ1) is 20.7. The zero-order valence-electron chi connectivity index (χ0n) is 23.3. The molecular weight excluding hydrogens is 558 g/mol. The van der Waals surface area contributed by atoms with Crippen LogP contribution in [0.5, 0.6) is 11.5 Å². The largest absolute Gasteiger partial charge is 0.496 e. The highest BCUT2D eigenvalue weighted by Gasteiger charge is 2.28. The Kier molecular flexibility index (Phi) is 8.41. The SMILES string of the molecule is COc1cc2cc(OC)c1CCOC(=O)Nc1cccc(c1)[C@@H](CC(=O)O)NC(=O)[C@@H]2Nc1ccc2nc[nH]c(=O)c2c1. The van der Waals surface area contributed by atoms with Crippen molar-refractivity contribution in [3.63, 3.8) is 0 Å². The number of carbonyl (C=O) groups excluding carboxylic acids is 2. The van der Waals surface area contributed by atoms with E-state index >= 15 is 0 Å². The summed E-state index contributed by atoms with van der Waals surface area (Å²) in [6, 6.07) is 12.7. The van der Waals surface area contributed by atoms with E-state index in [9.17, 15) is 24.3 Å². The predicted molar refractivity (Wildman–Crippen MR) is 157 cm³/mol. The predicted octanol–water partition coefficient (Wildman–Crippen LogP) is 3.53. The van der Waals surface area contributed by atoms with E-state index in [1.54, 1.807) is 54.6 Å². The van der Waals surface area contributed by atoms with Crippen LogP contribution in [0.3, 0.4) is 0 Å². The number of carboxylic acid groups (broad SMARTS) is 1. The van der Waals surface area contributed by atoms with E-state index in [-0.39, 0.29) is 18.6 Å². The van der Waals surface area contributed by atoms with Gasteiger partial charge in [-0.1, -0.05) is 12.1 Å². The quantitative estimate of drug-likeness (QED) is 0.224. The summed E-state index contributed by atoms with van der Waals surface area (Å²) in [4.78, 5) is 57.5. The third kappa shape index (κ3) is 6.50. The lowest BCUT2D eigenvalue weighted by atomic mass is 9.98. The van der Waals surface area contributed by atoms with Crippen LogP contribution in [0.4, 0.5) is 16.2 Å². The molecule has 13 heteroatoms. The Morgan fingerprint density at radius 1 is 1.05 bits per heavy atom. The Labute approximate surface area is 245 Å². The molecule has 4 bridgehead atoms. The topological polar surface area (TPSA) is 181 Å². The number of ether oxygens (including phenoxy) is 3. The fourth-order valence-electron chi connectivity index (χ4n) is 4.96. The molecule has 5 N–H and O–H groups in total. The summed E-state index contributed by atoms with van der Waals surface area (Å²) in [5, 5.41) is 18.6. The molecule has 1 aromatic heterocycles. The highest BCUT2D eigenvalue weighted by molar-refractivity contribution is 5.89. The first kappa shape index (κ1) is 28.9. The van der Waals surface area contributed by atoms with E-state index in [0.29, 0.717) is 50.5 Å². The minimum Gasteiger partial charge on any atom is -0.496 e. The number of fused-ring (bicyclic) bond motifs is 10. The van der Waals surface area contributed by atoms with Gasteiger partial charge in [-0.2, -0.15) is 0 Å². The lowest BCUT2D eigenvalue weighted by Crippen LogP contribution is -2.37. The number of aromatic nitrogens is 2. The number of carbonyl (C=O) groups is 3. The number of carboxylic acids is 1. The molecule has 2 aliphatic heterocycles. The van der Waals surface area contributed by atoms with Crippen molar-refractivity contribution in [3.05, 3.63) is 88.0 Å². The minimum atomic E-state index is -1.14. The van der Waals surface area contributed by atoms with Crippen molar-refractivity contribution in [2.24, 2.45) is 0 Å². The second-order valence-corrected chi connectivity index (χ2v) is 9.74. The molecule has 2 amide bonds. The van der Waals surface area contributed by atoms with Crippen LogP contribution in [0.15, 0.2) is 65.7 Å². The van der Waals surface area contributed by atoms with Crippen molar-refractivity contribution >= 4 is 40.2 Å². The van der Waals surface area contributed by atoms with Crippen LogP contribution in [0.25, 0.3) is 10.9 Å². The molecule has 6 rings (SSSR count). The first-order valence-electron chi connectivity index (χ1n) is 13.3. The number of methoxy groups -OCH3 is 2. The molecule has 0 saturated carbocycles. The van der Waals surface area contributed by atoms with Crippen molar-refractivity contribution in [1.29, 1.82) is 0 Å². The van der Waals surface area contributed by atoms with E-state index in [2.05, 4.69) is 25.9 Å². The monoisotopic (exact) mass is 587 g/mol. The van der Waals surface area contributed by atoms with Crippen LogP contribution in [0.2, 0.25) is 0 Å². The van der Waals surface area contributed by atoms with E-state index in [4.69, 9.17) is 14.2 Å². The van der Waals surface area contributed by atoms with Crippen LogP contribution in [-0.2, 0) is 20.7 Å². The van der Waals surface area contributed by atoms with Crippen LogP contribution >= 0.6 is 0 Å². The number of nitrogens with one attached hydrogen (secondary N) is 4. The van der Waals surface area contributed by atoms with Gasteiger partial charge in [0.1, 0.15) is 17.5 Å². The van der Waals surface area contributed by atoms with Crippen LogP contribution in [-0.4, -0.2) is 53.9 Å². The Bertz CT molecular complexity index is 1730. The lowest BCUT2D eigenvalue weighted by molar-refractivity contribution is -0.137. The number of nitrogens with zero attached hydrogens (tertiary/aromatic N) is 1. The van der Waals surface area contributed by atoms with Gasteiger partial charge in [0, 0.05) is 23.4 Å². The summed E-state index contributed by atoms with van der Waals surface area (Å²) in [6.45, 7) is 0.00106. The van der Waals surface area contributed by atoms with Gasteiger partial charge in [-0.15, -0.1) is 0 Å². The highest BCUT2D eigenvalue weighted by Crippen LogP contribution is 2.35.